The van der Waals surface area contributed by atoms with Crippen LogP contribution in [-0.4, -0.2) is 15.9 Å². The third kappa shape index (κ3) is 2.84. The molecule has 160 valence electrons. The van der Waals surface area contributed by atoms with Crippen LogP contribution in [0.4, 0.5) is 5.69 Å². The van der Waals surface area contributed by atoms with Crippen molar-refractivity contribution in [1.29, 1.82) is 0 Å². The number of fused-ring (bicyclic) bond motifs is 6. The molecule has 1 amide bonds. The summed E-state index contributed by atoms with van der Waals surface area (Å²) in [6.07, 6.45) is 1.68. The zero-order valence-electron chi connectivity index (χ0n) is 18.1. The minimum Gasteiger partial charge on any atom is -0.325 e. The molecule has 2 bridgehead atoms. The van der Waals surface area contributed by atoms with E-state index >= 15 is 0 Å². The number of carbonyl (C=O) groups is 1. The van der Waals surface area contributed by atoms with Gasteiger partial charge in [0.15, 0.2) is 0 Å². The number of nitrogens with one attached hydrogen (secondary N) is 1. The van der Waals surface area contributed by atoms with Crippen LogP contribution in [0, 0.1) is 5.41 Å². The first kappa shape index (κ1) is 20.7. The highest BCUT2D eigenvalue weighted by Gasteiger charge is 2.67. The number of rotatable bonds is 3. The van der Waals surface area contributed by atoms with Crippen molar-refractivity contribution in [3.63, 3.8) is 0 Å². The van der Waals surface area contributed by atoms with E-state index in [1.807, 2.05) is 12.1 Å². The van der Waals surface area contributed by atoms with Crippen LogP contribution < -0.4 is 5.32 Å². The number of hydrogen-bond acceptors (Lipinski definition) is 3. The summed E-state index contributed by atoms with van der Waals surface area (Å²) in [7, 11) is 0. The molecule has 3 aromatic rings. The maximum absolute atomic E-state index is 13.8. The lowest BCUT2D eigenvalue weighted by Gasteiger charge is -2.36. The molecule has 0 spiro atoms. The molecule has 0 saturated heterocycles. The van der Waals surface area contributed by atoms with E-state index in [1.54, 1.807) is 12.1 Å². The molecule has 1 N–H and O–H groups in total. The molecule has 2 aliphatic carbocycles. The predicted octanol–water partition coefficient (Wildman–Crippen LogP) is 6.85. The number of halogens is 2. The van der Waals surface area contributed by atoms with Crippen LogP contribution in [-0.2, 0) is 10.2 Å². The Morgan fingerprint density at radius 2 is 1.68 bits per heavy atom. The Balaban J connectivity index is 1.60. The summed E-state index contributed by atoms with van der Waals surface area (Å²) < 4.78 is 0. The maximum atomic E-state index is 13.8. The fourth-order valence-electron chi connectivity index (χ4n) is 5.57. The first-order chi connectivity index (χ1) is 14.6. The molecule has 1 aromatic heterocycles. The first-order valence-electron chi connectivity index (χ1n) is 10.7. The van der Waals surface area contributed by atoms with Crippen molar-refractivity contribution in [3.05, 3.63) is 63.4 Å². The fourth-order valence-corrected chi connectivity index (χ4v) is 5.88. The number of aromatic nitrogens is 2. The van der Waals surface area contributed by atoms with Gasteiger partial charge in [0.2, 0.25) is 5.91 Å². The standard InChI is InChI=1S/C25H25Cl2N3O/c1-13(2)14-5-7-15(8-6-14)28-23(31)25-10-9-16(24(25,3)4)21-22(25)30-20-12-18(27)17(26)11-19(20)29-21/h5-8,11-13,16H,9-10H2,1-4H3,(H,28,31). The van der Waals surface area contributed by atoms with Crippen molar-refractivity contribution in [2.75, 3.05) is 5.32 Å². The van der Waals surface area contributed by atoms with Crippen LogP contribution in [0.2, 0.25) is 10.0 Å². The van der Waals surface area contributed by atoms with Crippen molar-refractivity contribution in [3.8, 4) is 0 Å². The summed E-state index contributed by atoms with van der Waals surface area (Å²) in [5.74, 6) is 0.621. The topological polar surface area (TPSA) is 54.9 Å². The summed E-state index contributed by atoms with van der Waals surface area (Å²) >= 11 is 12.4. The quantitative estimate of drug-likeness (QED) is 0.471. The Morgan fingerprint density at radius 3 is 2.29 bits per heavy atom. The van der Waals surface area contributed by atoms with Crippen molar-refractivity contribution in [1.82, 2.24) is 9.97 Å². The van der Waals surface area contributed by atoms with Gasteiger partial charge in [-0.2, -0.15) is 0 Å². The van der Waals surface area contributed by atoms with Gasteiger partial charge in [0.1, 0.15) is 0 Å². The molecule has 2 aliphatic rings. The Kier molecular flexibility index (Phi) is 4.62. The fraction of sp³-hybridized carbons (Fsp3) is 0.400. The largest absolute Gasteiger partial charge is 0.325 e. The lowest BCUT2D eigenvalue weighted by molar-refractivity contribution is -0.124. The van der Waals surface area contributed by atoms with Crippen molar-refractivity contribution >= 4 is 45.8 Å². The highest BCUT2D eigenvalue weighted by atomic mass is 35.5. The zero-order valence-corrected chi connectivity index (χ0v) is 19.6. The van der Waals surface area contributed by atoms with Gasteiger partial charge in [-0.3, -0.25) is 4.79 Å². The third-order valence-corrected chi connectivity index (χ3v) is 8.19. The summed E-state index contributed by atoms with van der Waals surface area (Å²) in [5.41, 5.74) is 4.14. The third-order valence-electron chi connectivity index (χ3n) is 7.47. The molecule has 5 rings (SSSR count). The SMILES string of the molecule is CC(C)c1ccc(NC(=O)C23CCC(c4nc5cc(Cl)c(Cl)cc5nc42)C3(C)C)cc1. The van der Waals surface area contributed by atoms with Crippen molar-refractivity contribution < 1.29 is 4.79 Å². The van der Waals surface area contributed by atoms with E-state index in [-0.39, 0.29) is 17.2 Å². The monoisotopic (exact) mass is 453 g/mol. The second-order valence-corrected chi connectivity index (χ2v) is 10.5. The number of benzene rings is 2. The van der Waals surface area contributed by atoms with Crippen molar-refractivity contribution in [2.24, 2.45) is 5.41 Å². The molecule has 1 fully saturated rings. The smallest absolute Gasteiger partial charge is 0.237 e. The van der Waals surface area contributed by atoms with Gasteiger partial charge >= 0.3 is 0 Å². The molecule has 4 nitrogen and oxygen atoms in total. The summed E-state index contributed by atoms with van der Waals surface area (Å²) in [5, 5.41) is 4.08. The summed E-state index contributed by atoms with van der Waals surface area (Å²) in [4.78, 5) is 23.7. The van der Waals surface area contributed by atoms with E-state index in [1.165, 1.54) is 5.56 Å². The van der Waals surface area contributed by atoms with Gasteiger partial charge in [0, 0.05) is 11.6 Å². The van der Waals surface area contributed by atoms with Crippen LogP contribution in [0.5, 0.6) is 0 Å². The van der Waals surface area contributed by atoms with E-state index in [0.29, 0.717) is 21.5 Å². The molecule has 2 atom stereocenters. The van der Waals surface area contributed by atoms with Crippen LogP contribution in [0.3, 0.4) is 0 Å². The van der Waals surface area contributed by atoms with Gasteiger partial charge in [-0.25, -0.2) is 9.97 Å². The second kappa shape index (κ2) is 6.91. The molecular formula is C25H25Cl2N3O. The predicted molar refractivity (Wildman–Crippen MR) is 126 cm³/mol. The normalized spacial score (nSPS) is 23.4. The lowest BCUT2D eigenvalue weighted by atomic mass is 9.67. The molecular weight excluding hydrogens is 429 g/mol. The van der Waals surface area contributed by atoms with Gasteiger partial charge in [-0.1, -0.05) is 63.0 Å². The van der Waals surface area contributed by atoms with Crippen LogP contribution in [0.25, 0.3) is 11.0 Å². The number of hydrogen-bond donors (Lipinski definition) is 1. The number of amides is 1. The van der Waals surface area contributed by atoms with Crippen LogP contribution >= 0.6 is 23.2 Å². The Labute approximate surface area is 192 Å². The van der Waals surface area contributed by atoms with Crippen LogP contribution in [0.1, 0.15) is 69.3 Å². The molecule has 1 saturated carbocycles. The number of carbonyl (C=O) groups excluding carboxylic acids is 1. The molecule has 0 radical (unpaired) electrons. The summed E-state index contributed by atoms with van der Waals surface area (Å²) in [6, 6.07) is 11.6. The summed E-state index contributed by atoms with van der Waals surface area (Å²) in [6.45, 7) is 8.65. The van der Waals surface area contributed by atoms with E-state index in [9.17, 15) is 4.79 Å². The van der Waals surface area contributed by atoms with E-state index < -0.39 is 5.41 Å². The molecule has 31 heavy (non-hydrogen) atoms. The Hall–Kier alpha value is -2.17. The minimum absolute atomic E-state index is 0.00948. The number of anilines is 1. The zero-order chi connectivity index (χ0) is 22.1. The van der Waals surface area contributed by atoms with Gasteiger partial charge < -0.3 is 5.32 Å². The molecule has 1 heterocycles. The van der Waals surface area contributed by atoms with E-state index in [4.69, 9.17) is 33.2 Å². The van der Waals surface area contributed by atoms with Gasteiger partial charge in [-0.15, -0.1) is 0 Å². The first-order valence-corrected chi connectivity index (χ1v) is 11.5. The molecule has 6 heteroatoms. The highest BCUT2D eigenvalue weighted by molar-refractivity contribution is 6.42. The van der Waals surface area contributed by atoms with Gasteiger partial charge in [-0.05, 0) is 54.0 Å². The van der Waals surface area contributed by atoms with Crippen molar-refractivity contribution in [2.45, 2.75) is 57.8 Å². The second-order valence-electron chi connectivity index (χ2n) is 9.66. The average molecular weight is 454 g/mol. The van der Waals surface area contributed by atoms with E-state index in [2.05, 4.69) is 45.1 Å². The van der Waals surface area contributed by atoms with Gasteiger partial charge in [0.25, 0.3) is 0 Å². The molecule has 2 aromatic carbocycles. The minimum atomic E-state index is -0.725. The lowest BCUT2D eigenvalue weighted by Crippen LogP contribution is -2.46. The Bertz CT molecular complexity index is 1220. The molecule has 0 aliphatic heterocycles. The van der Waals surface area contributed by atoms with Crippen LogP contribution in [0.15, 0.2) is 36.4 Å². The van der Waals surface area contributed by atoms with Gasteiger partial charge in [0.05, 0.1) is 37.9 Å². The Morgan fingerprint density at radius 1 is 1.06 bits per heavy atom. The molecule has 2 unspecified atom stereocenters. The highest BCUT2D eigenvalue weighted by Crippen LogP contribution is 2.67. The maximum Gasteiger partial charge on any atom is 0.237 e. The average Bonchev–Trinajstić information content (AvgIpc) is 3.09. The number of nitrogens with zero attached hydrogens (tertiary/aromatic N) is 2. The van der Waals surface area contributed by atoms with E-state index in [0.717, 1.165) is 35.4 Å².